The molecule has 200 valence electrons. The highest BCUT2D eigenvalue weighted by Crippen LogP contribution is 2.40. The van der Waals surface area contributed by atoms with Crippen molar-refractivity contribution in [2.75, 3.05) is 16.2 Å². The van der Waals surface area contributed by atoms with Crippen LogP contribution in [0.25, 0.3) is 0 Å². The molecule has 0 radical (unpaired) electrons. The van der Waals surface area contributed by atoms with Gasteiger partial charge in [-0.25, -0.2) is 9.78 Å². The first kappa shape index (κ1) is 27.2. The summed E-state index contributed by atoms with van der Waals surface area (Å²) < 4.78 is 34.1. The highest BCUT2D eigenvalue weighted by Gasteiger charge is 2.45. The average molecular weight is 536 g/mol. The lowest BCUT2D eigenvalue weighted by Gasteiger charge is -2.42. The number of anilines is 2. The highest BCUT2D eigenvalue weighted by molar-refractivity contribution is 7.92. The number of sulfonamides is 1. The minimum atomic E-state index is -3.90. The number of aryl methyl sites for hydroxylation is 1. The van der Waals surface area contributed by atoms with Crippen LogP contribution in [0.2, 0.25) is 0 Å². The average Bonchev–Trinajstić information content (AvgIpc) is 2.90. The van der Waals surface area contributed by atoms with E-state index in [0.717, 1.165) is 5.56 Å². The van der Waals surface area contributed by atoms with Crippen molar-refractivity contribution < 1.29 is 23.1 Å². The molecule has 1 aliphatic rings. The second-order valence-corrected chi connectivity index (χ2v) is 11.3. The van der Waals surface area contributed by atoms with Crippen molar-refractivity contribution in [3.63, 3.8) is 0 Å². The van der Waals surface area contributed by atoms with Crippen molar-refractivity contribution in [1.82, 2.24) is 4.98 Å². The van der Waals surface area contributed by atoms with Crippen molar-refractivity contribution in [2.24, 2.45) is 5.92 Å². The van der Waals surface area contributed by atoms with Crippen LogP contribution in [0.4, 0.5) is 11.4 Å². The molecule has 3 aromatic rings. The van der Waals surface area contributed by atoms with Crippen molar-refractivity contribution in [1.29, 1.82) is 0 Å². The van der Waals surface area contributed by atoms with Crippen LogP contribution >= 0.6 is 0 Å². The number of carbonyl (C=O) groups is 1. The Bertz CT molecular complexity index is 1410. The van der Waals surface area contributed by atoms with Gasteiger partial charge in [0.2, 0.25) is 0 Å². The molecular weight excluding hydrogens is 502 g/mol. The summed E-state index contributed by atoms with van der Waals surface area (Å²) in [6, 6.07) is 21.3. The van der Waals surface area contributed by atoms with E-state index in [1.165, 1.54) is 12.3 Å². The third-order valence-electron chi connectivity index (χ3n) is 6.87. The summed E-state index contributed by atoms with van der Waals surface area (Å²) in [6.45, 7) is 6.18. The van der Waals surface area contributed by atoms with Crippen molar-refractivity contribution >= 4 is 27.4 Å². The lowest BCUT2D eigenvalue weighted by molar-refractivity contribution is -0.166. The van der Waals surface area contributed by atoms with Crippen LogP contribution in [-0.2, 0) is 26.0 Å². The number of pyridine rings is 1. The minimum absolute atomic E-state index is 0.0155. The third kappa shape index (κ3) is 5.83. The molecule has 2 heterocycles. The molecule has 0 saturated carbocycles. The molecule has 2 aromatic carbocycles. The lowest BCUT2D eigenvalue weighted by Crippen LogP contribution is -2.47. The SMILES string of the molecule is CCN(C1=C(O)CC(CCc2ccccc2)(C(C)C)OC1=O)c1cccc(NS(=O)(=O)c2ccccn2)c1. The summed E-state index contributed by atoms with van der Waals surface area (Å²) >= 11 is 0. The van der Waals surface area contributed by atoms with Crippen LogP contribution in [0.15, 0.2) is 95.5 Å². The van der Waals surface area contributed by atoms with Gasteiger partial charge in [0.05, 0.1) is 5.69 Å². The van der Waals surface area contributed by atoms with Crippen LogP contribution in [0, 0.1) is 5.92 Å². The fraction of sp³-hybridized carbons (Fsp3) is 0.310. The number of benzene rings is 2. The van der Waals surface area contributed by atoms with Crippen molar-refractivity contribution in [3.8, 4) is 0 Å². The number of nitrogens with zero attached hydrogens (tertiary/aromatic N) is 2. The van der Waals surface area contributed by atoms with Crippen LogP contribution < -0.4 is 9.62 Å². The Morgan fingerprint density at radius 1 is 1.08 bits per heavy atom. The molecule has 0 amide bonds. The standard InChI is InChI=1S/C29H33N3O5S/c1-4-32(24-14-10-13-23(19-24)31-38(35,36)26-15-8-9-18-30-26)27-25(33)20-29(21(2)3,37-28(27)34)17-16-22-11-6-5-7-12-22/h5-15,18-19,21,31,33H,4,16-17,20H2,1-3H3. The number of aromatic nitrogens is 1. The zero-order valence-corrected chi connectivity index (χ0v) is 22.6. The summed E-state index contributed by atoms with van der Waals surface area (Å²) in [6.07, 6.45) is 2.89. The molecule has 0 bridgehead atoms. The number of hydrogen-bond acceptors (Lipinski definition) is 7. The number of cyclic esters (lactones) is 1. The number of carbonyl (C=O) groups excluding carboxylic acids is 1. The Morgan fingerprint density at radius 2 is 1.82 bits per heavy atom. The quantitative estimate of drug-likeness (QED) is 0.332. The molecule has 0 aliphatic carbocycles. The summed E-state index contributed by atoms with van der Waals surface area (Å²) in [5, 5.41) is 11.1. The third-order valence-corrected chi connectivity index (χ3v) is 8.17. The van der Waals surface area contributed by atoms with Crippen molar-refractivity contribution in [2.45, 2.75) is 50.7 Å². The van der Waals surface area contributed by atoms with E-state index >= 15 is 0 Å². The summed E-state index contributed by atoms with van der Waals surface area (Å²) in [7, 11) is -3.90. The van der Waals surface area contributed by atoms with Gasteiger partial charge in [-0.3, -0.25) is 4.72 Å². The van der Waals surface area contributed by atoms with E-state index in [-0.39, 0.29) is 28.8 Å². The van der Waals surface area contributed by atoms with Gasteiger partial charge in [0.15, 0.2) is 10.7 Å². The van der Waals surface area contributed by atoms with E-state index < -0.39 is 21.6 Å². The zero-order chi connectivity index (χ0) is 27.3. The molecule has 8 nitrogen and oxygen atoms in total. The molecule has 38 heavy (non-hydrogen) atoms. The molecule has 1 unspecified atom stereocenters. The number of ether oxygens (including phenoxy) is 1. The maximum absolute atomic E-state index is 13.4. The topological polar surface area (TPSA) is 109 Å². The van der Waals surface area contributed by atoms with Crippen LogP contribution in [0.5, 0.6) is 0 Å². The monoisotopic (exact) mass is 535 g/mol. The van der Waals surface area contributed by atoms with Crippen LogP contribution in [0.3, 0.4) is 0 Å². The van der Waals surface area contributed by atoms with Gasteiger partial charge in [-0.2, -0.15) is 8.42 Å². The number of aliphatic hydroxyl groups excluding tert-OH is 1. The smallest absolute Gasteiger partial charge is 0.359 e. The van der Waals surface area contributed by atoms with Gasteiger partial charge in [-0.1, -0.05) is 56.3 Å². The molecule has 4 rings (SSSR count). The minimum Gasteiger partial charge on any atom is -0.510 e. The second-order valence-electron chi connectivity index (χ2n) is 9.63. The molecule has 0 saturated heterocycles. The van der Waals surface area contributed by atoms with E-state index in [1.807, 2.05) is 51.1 Å². The maximum Gasteiger partial charge on any atom is 0.359 e. The van der Waals surface area contributed by atoms with Crippen molar-refractivity contribution in [3.05, 3.63) is 96.0 Å². The Hall–Kier alpha value is -3.85. The molecular formula is C29H33N3O5S. The predicted molar refractivity (Wildman–Crippen MR) is 147 cm³/mol. The largest absolute Gasteiger partial charge is 0.510 e. The second kappa shape index (κ2) is 11.3. The summed E-state index contributed by atoms with van der Waals surface area (Å²) in [5.41, 5.74) is 1.20. The van der Waals surface area contributed by atoms with Gasteiger partial charge in [0, 0.05) is 24.8 Å². The van der Waals surface area contributed by atoms with E-state index in [4.69, 9.17) is 4.74 Å². The predicted octanol–water partition coefficient (Wildman–Crippen LogP) is 5.45. The molecule has 9 heteroatoms. The Labute approximate surface area is 224 Å². The van der Waals surface area contributed by atoms with Gasteiger partial charge >= 0.3 is 5.97 Å². The molecule has 1 aliphatic heterocycles. The van der Waals surface area contributed by atoms with E-state index in [9.17, 15) is 18.3 Å². The van der Waals surface area contributed by atoms with E-state index in [2.05, 4.69) is 9.71 Å². The fourth-order valence-corrected chi connectivity index (χ4v) is 5.69. The Balaban J connectivity index is 1.60. The molecule has 0 spiro atoms. The van der Waals surface area contributed by atoms with Gasteiger partial charge in [-0.15, -0.1) is 0 Å². The first-order valence-electron chi connectivity index (χ1n) is 12.7. The number of rotatable bonds is 10. The van der Waals surface area contributed by atoms with E-state index in [1.54, 1.807) is 41.3 Å². The lowest BCUT2D eigenvalue weighted by atomic mass is 9.79. The molecule has 1 atom stereocenters. The van der Waals surface area contributed by atoms with Gasteiger partial charge < -0.3 is 14.7 Å². The van der Waals surface area contributed by atoms with Gasteiger partial charge in [0.1, 0.15) is 11.4 Å². The first-order chi connectivity index (χ1) is 18.1. The fourth-order valence-electron chi connectivity index (χ4n) is 4.69. The highest BCUT2D eigenvalue weighted by atomic mass is 32.2. The maximum atomic E-state index is 13.4. The molecule has 2 N–H and O–H groups in total. The Morgan fingerprint density at radius 3 is 2.45 bits per heavy atom. The van der Waals surface area contributed by atoms with Crippen LogP contribution in [0.1, 0.15) is 39.2 Å². The zero-order valence-electron chi connectivity index (χ0n) is 21.8. The normalized spacial score (nSPS) is 17.8. The number of nitrogens with one attached hydrogen (secondary N) is 1. The molecule has 1 aromatic heterocycles. The number of hydrogen-bond donors (Lipinski definition) is 2. The van der Waals surface area contributed by atoms with Gasteiger partial charge in [0.25, 0.3) is 10.0 Å². The summed E-state index contributed by atoms with van der Waals surface area (Å²) in [4.78, 5) is 19.0. The Kier molecular flexibility index (Phi) is 8.06. The van der Waals surface area contributed by atoms with E-state index in [0.29, 0.717) is 30.8 Å². The summed E-state index contributed by atoms with van der Waals surface area (Å²) in [5.74, 6) is -0.653. The number of esters is 1. The molecule has 0 fully saturated rings. The van der Waals surface area contributed by atoms with Gasteiger partial charge in [-0.05, 0) is 61.6 Å². The van der Waals surface area contributed by atoms with Crippen LogP contribution in [-0.4, -0.2) is 36.6 Å². The number of aliphatic hydroxyl groups is 1. The first-order valence-corrected chi connectivity index (χ1v) is 14.1. The number of likely N-dealkylation sites (N-methyl/N-ethyl adjacent to an activating group) is 1.